The molecule has 11 heteroatoms. The third-order valence-electron chi connectivity index (χ3n) is 5.99. The highest BCUT2D eigenvalue weighted by atomic mass is 32.2. The normalized spacial score (nSPS) is 18.1. The van der Waals surface area contributed by atoms with Crippen molar-refractivity contribution in [3.63, 3.8) is 0 Å². The number of alkyl halides is 1. The number of rotatable bonds is 5. The number of nitriles is 1. The highest BCUT2D eigenvalue weighted by Crippen LogP contribution is 2.33. The number of anilines is 1. The fourth-order valence-electron chi connectivity index (χ4n) is 3.87. The molecule has 1 atom stereocenters. The summed E-state index contributed by atoms with van der Waals surface area (Å²) in [5, 5.41) is 8.42. The van der Waals surface area contributed by atoms with Gasteiger partial charge in [0.2, 0.25) is 10.0 Å². The molecule has 0 spiro atoms. The van der Waals surface area contributed by atoms with Gasteiger partial charge in [-0.1, -0.05) is 30.3 Å². The van der Waals surface area contributed by atoms with E-state index in [1.54, 1.807) is 35.2 Å². The molecule has 3 heterocycles. The number of pyridine rings is 1. The Bertz CT molecular complexity index is 1250. The summed E-state index contributed by atoms with van der Waals surface area (Å²) in [6.07, 6.45) is -0.569. The van der Waals surface area contributed by atoms with Crippen molar-refractivity contribution in [2.45, 2.75) is 37.3 Å². The summed E-state index contributed by atoms with van der Waals surface area (Å²) in [4.78, 5) is 30.3. The number of carbonyl (C=O) groups excluding carboxylic acids is 2. The van der Waals surface area contributed by atoms with E-state index >= 15 is 4.39 Å². The van der Waals surface area contributed by atoms with E-state index in [0.29, 0.717) is 11.3 Å². The first-order valence-corrected chi connectivity index (χ1v) is 11.9. The summed E-state index contributed by atoms with van der Waals surface area (Å²) in [5.41, 5.74) is -1.14. The van der Waals surface area contributed by atoms with Crippen molar-refractivity contribution in [2.75, 3.05) is 18.0 Å². The van der Waals surface area contributed by atoms with Crippen molar-refractivity contribution in [3.8, 4) is 6.07 Å². The first kappa shape index (κ1) is 22.7. The van der Waals surface area contributed by atoms with Crippen LogP contribution in [0.4, 0.5) is 10.2 Å². The van der Waals surface area contributed by atoms with Gasteiger partial charge in [-0.15, -0.1) is 0 Å². The molecule has 2 aliphatic rings. The number of sulfonamides is 1. The topological polar surface area (TPSA) is 129 Å². The number of hydrogen-bond donors (Lipinski definition) is 1. The number of benzene rings is 1. The monoisotopic (exact) mass is 472 g/mol. The lowest BCUT2D eigenvalue weighted by molar-refractivity contribution is -0.132. The largest absolute Gasteiger partial charge is 0.455 e. The molecule has 1 saturated heterocycles. The van der Waals surface area contributed by atoms with E-state index in [4.69, 9.17) is 4.74 Å². The number of fused-ring (bicyclic) bond motifs is 1. The summed E-state index contributed by atoms with van der Waals surface area (Å²) in [5.74, 6) is -1.47. The van der Waals surface area contributed by atoms with Crippen molar-refractivity contribution in [3.05, 3.63) is 58.8 Å². The Hall–Kier alpha value is -3.52. The molecule has 1 fully saturated rings. The minimum Gasteiger partial charge on any atom is -0.455 e. The first-order chi connectivity index (χ1) is 15.6. The Morgan fingerprint density at radius 2 is 1.97 bits per heavy atom. The summed E-state index contributed by atoms with van der Waals surface area (Å²) in [6, 6.07) is 11.7. The molecule has 1 aromatic carbocycles. The zero-order valence-electron chi connectivity index (χ0n) is 17.7. The zero-order valence-corrected chi connectivity index (χ0v) is 18.6. The summed E-state index contributed by atoms with van der Waals surface area (Å²) < 4.78 is 47.6. The lowest BCUT2D eigenvalue weighted by Gasteiger charge is -2.36. The molecule has 4 rings (SSSR count). The van der Waals surface area contributed by atoms with Gasteiger partial charge in [0.15, 0.2) is 5.67 Å². The molecule has 0 saturated carbocycles. The average Bonchev–Trinajstić information content (AvgIpc) is 3.18. The molecule has 0 aliphatic carbocycles. The van der Waals surface area contributed by atoms with Crippen LogP contribution in [0.5, 0.6) is 0 Å². The number of ether oxygens (including phenoxy) is 1. The molecule has 33 heavy (non-hydrogen) atoms. The van der Waals surface area contributed by atoms with Crippen molar-refractivity contribution in [2.24, 2.45) is 0 Å². The second-order valence-electron chi connectivity index (χ2n) is 8.02. The molecule has 9 nitrogen and oxygen atoms in total. The number of halogens is 1. The van der Waals surface area contributed by atoms with E-state index in [-0.39, 0.29) is 49.5 Å². The lowest BCUT2D eigenvalue weighted by atomic mass is 9.92. The Kier molecular flexibility index (Phi) is 5.80. The molecule has 1 N–H and O–H groups in total. The predicted octanol–water partition coefficient (Wildman–Crippen LogP) is 2.14. The maximum absolute atomic E-state index is 15.5. The third-order valence-corrected chi connectivity index (χ3v) is 7.67. The number of esters is 1. The van der Waals surface area contributed by atoms with E-state index in [9.17, 15) is 23.3 Å². The van der Waals surface area contributed by atoms with Crippen LogP contribution in [0.15, 0.2) is 36.4 Å². The van der Waals surface area contributed by atoms with Crippen LogP contribution in [0, 0.1) is 11.3 Å². The average molecular weight is 472 g/mol. The summed E-state index contributed by atoms with van der Waals surface area (Å²) in [6.45, 7) is 1.49. The molecule has 0 radical (unpaired) electrons. The van der Waals surface area contributed by atoms with E-state index in [0.717, 1.165) is 0 Å². The highest BCUT2D eigenvalue weighted by molar-refractivity contribution is 7.90. The van der Waals surface area contributed by atoms with Crippen LogP contribution in [-0.4, -0.2) is 44.0 Å². The molecule has 1 unspecified atom stereocenters. The van der Waals surface area contributed by atoms with Crippen LogP contribution in [0.1, 0.15) is 52.2 Å². The summed E-state index contributed by atoms with van der Waals surface area (Å²) in [7, 11) is -4.14. The predicted molar refractivity (Wildman–Crippen MR) is 115 cm³/mol. The van der Waals surface area contributed by atoms with Crippen LogP contribution in [-0.2, 0) is 26.2 Å². The van der Waals surface area contributed by atoms with E-state index in [1.807, 2.05) is 10.8 Å². The second-order valence-corrected chi connectivity index (χ2v) is 10.0. The molecule has 172 valence electrons. The van der Waals surface area contributed by atoms with Gasteiger partial charge >= 0.3 is 5.97 Å². The number of aromatic nitrogens is 1. The molecule has 1 amide bonds. The fraction of sp³-hybridized carbons (Fsp3) is 0.364. The number of carbonyl (C=O) groups is 2. The first-order valence-electron chi connectivity index (χ1n) is 10.3. The zero-order chi connectivity index (χ0) is 23.8. The molecule has 1 aromatic heterocycles. The number of amides is 1. The van der Waals surface area contributed by atoms with E-state index in [2.05, 4.69) is 4.98 Å². The van der Waals surface area contributed by atoms with Gasteiger partial charge in [0.1, 0.15) is 23.7 Å². The van der Waals surface area contributed by atoms with Crippen LogP contribution in [0.2, 0.25) is 0 Å². The SMILES string of the molecule is CC(c1ccccc1)S(=O)(=O)NC(=O)C1(F)CCN(c2nc3c(cc2C#N)C(=O)OC3)CC1. The number of piperidine rings is 1. The van der Waals surface area contributed by atoms with Gasteiger partial charge in [0, 0.05) is 25.9 Å². The third kappa shape index (κ3) is 4.26. The second kappa shape index (κ2) is 8.44. The fourth-order valence-corrected chi connectivity index (χ4v) is 5.01. The van der Waals surface area contributed by atoms with Gasteiger partial charge in [0.25, 0.3) is 5.91 Å². The quantitative estimate of drug-likeness (QED) is 0.655. The smallest absolute Gasteiger partial charge is 0.340 e. The van der Waals surface area contributed by atoms with E-state index < -0.39 is 32.8 Å². The lowest BCUT2D eigenvalue weighted by Crippen LogP contribution is -2.53. The number of nitrogens with one attached hydrogen (secondary N) is 1. The Morgan fingerprint density at radius 1 is 1.30 bits per heavy atom. The molecule has 0 bridgehead atoms. The van der Waals surface area contributed by atoms with Gasteiger partial charge in [-0.2, -0.15) is 5.26 Å². The molecular weight excluding hydrogens is 451 g/mol. The van der Waals surface area contributed by atoms with Gasteiger partial charge in [-0.3, -0.25) is 4.79 Å². The Labute approximate surface area is 190 Å². The number of cyclic esters (lactones) is 1. The number of nitrogens with zero attached hydrogens (tertiary/aromatic N) is 3. The minimum atomic E-state index is -4.14. The molecule has 2 aliphatic heterocycles. The van der Waals surface area contributed by atoms with Crippen LogP contribution in [0.3, 0.4) is 0 Å². The Balaban J connectivity index is 1.46. The Morgan fingerprint density at radius 3 is 2.61 bits per heavy atom. The molecule has 2 aromatic rings. The van der Waals surface area contributed by atoms with Gasteiger partial charge in [-0.25, -0.2) is 27.3 Å². The van der Waals surface area contributed by atoms with Gasteiger partial charge < -0.3 is 9.64 Å². The minimum absolute atomic E-state index is 0.00632. The van der Waals surface area contributed by atoms with Crippen molar-refractivity contribution < 1.29 is 27.1 Å². The van der Waals surface area contributed by atoms with Crippen LogP contribution >= 0.6 is 0 Å². The van der Waals surface area contributed by atoms with Crippen LogP contribution in [0.25, 0.3) is 0 Å². The van der Waals surface area contributed by atoms with Gasteiger partial charge in [-0.05, 0) is 18.6 Å². The maximum atomic E-state index is 15.5. The van der Waals surface area contributed by atoms with E-state index in [1.165, 1.54) is 13.0 Å². The summed E-state index contributed by atoms with van der Waals surface area (Å²) >= 11 is 0. The number of hydrogen-bond acceptors (Lipinski definition) is 8. The highest BCUT2D eigenvalue weighted by Gasteiger charge is 2.44. The van der Waals surface area contributed by atoms with Gasteiger partial charge in [0.05, 0.1) is 16.8 Å². The van der Waals surface area contributed by atoms with Crippen molar-refractivity contribution >= 4 is 27.7 Å². The molecular formula is C22H21FN4O5S. The standard InChI is InChI=1S/C22H21FN4O5S/c1-14(15-5-3-2-4-6-15)33(30,31)26-21(29)22(23)7-9-27(10-8-22)19-16(12-24)11-17-18(25-19)13-32-20(17)28/h2-6,11,14H,7-10,13H2,1H3,(H,26,29). The van der Waals surface area contributed by atoms with Crippen LogP contribution < -0.4 is 9.62 Å². The maximum Gasteiger partial charge on any atom is 0.340 e. The van der Waals surface area contributed by atoms with Crippen molar-refractivity contribution in [1.29, 1.82) is 5.26 Å². The van der Waals surface area contributed by atoms with Crippen molar-refractivity contribution in [1.82, 2.24) is 9.71 Å².